The summed E-state index contributed by atoms with van der Waals surface area (Å²) in [6.45, 7) is 0.471. The Kier molecular flexibility index (Phi) is 3.11. The van der Waals surface area contributed by atoms with E-state index in [2.05, 4.69) is 10.3 Å². The third-order valence-electron chi connectivity index (χ3n) is 2.41. The molecule has 1 unspecified atom stereocenters. The van der Waals surface area contributed by atoms with Crippen LogP contribution in [0.5, 0.6) is 0 Å². The summed E-state index contributed by atoms with van der Waals surface area (Å²) < 4.78 is 12.6. The molecule has 2 N–H and O–H groups in total. The average molecular weight is 228 g/mol. The summed E-state index contributed by atoms with van der Waals surface area (Å²) in [4.78, 5) is 3.87. The van der Waals surface area contributed by atoms with E-state index in [1.807, 2.05) is 0 Å². The maximum absolute atomic E-state index is 12.6. The summed E-state index contributed by atoms with van der Waals surface area (Å²) in [6, 6.07) is 2.92. The highest BCUT2D eigenvalue weighted by molar-refractivity contribution is 7.99. The Bertz CT molecular complexity index is 325. The summed E-state index contributed by atoms with van der Waals surface area (Å²) in [7, 11) is 0. The molecule has 2 heterocycles. The van der Waals surface area contributed by atoms with E-state index in [-0.39, 0.29) is 5.82 Å². The highest BCUT2D eigenvalue weighted by Gasteiger charge is 2.31. The van der Waals surface area contributed by atoms with Crippen molar-refractivity contribution in [3.05, 3.63) is 24.1 Å². The van der Waals surface area contributed by atoms with Gasteiger partial charge in [-0.1, -0.05) is 0 Å². The summed E-state index contributed by atoms with van der Waals surface area (Å²) in [5, 5.41) is 13.0. The fourth-order valence-electron chi connectivity index (χ4n) is 1.47. The average Bonchev–Trinajstić information content (AvgIpc) is 2.65. The van der Waals surface area contributed by atoms with Crippen molar-refractivity contribution in [3.63, 3.8) is 0 Å². The highest BCUT2D eigenvalue weighted by Crippen LogP contribution is 2.27. The van der Waals surface area contributed by atoms with Crippen LogP contribution in [0.3, 0.4) is 0 Å². The molecule has 0 radical (unpaired) electrons. The van der Waals surface area contributed by atoms with Crippen molar-refractivity contribution in [1.29, 1.82) is 0 Å². The number of pyridine rings is 1. The Balaban J connectivity index is 1.90. The van der Waals surface area contributed by atoms with Crippen LogP contribution in [0, 0.1) is 5.82 Å². The monoisotopic (exact) mass is 228 g/mol. The maximum Gasteiger partial charge on any atom is 0.141 e. The SMILES string of the molecule is OC1(CNc2ccc(F)cn2)CCSC1. The molecule has 15 heavy (non-hydrogen) atoms. The van der Waals surface area contributed by atoms with E-state index in [0.29, 0.717) is 12.4 Å². The molecular weight excluding hydrogens is 215 g/mol. The van der Waals surface area contributed by atoms with Gasteiger partial charge < -0.3 is 10.4 Å². The lowest BCUT2D eigenvalue weighted by atomic mass is 10.0. The van der Waals surface area contributed by atoms with Crippen molar-refractivity contribution in [3.8, 4) is 0 Å². The number of aromatic nitrogens is 1. The van der Waals surface area contributed by atoms with Crippen LogP contribution >= 0.6 is 11.8 Å². The number of aliphatic hydroxyl groups is 1. The van der Waals surface area contributed by atoms with Gasteiger partial charge in [-0.25, -0.2) is 9.37 Å². The molecule has 0 aromatic carbocycles. The molecule has 1 aliphatic heterocycles. The molecular formula is C10H13FN2OS. The molecule has 1 aromatic heterocycles. The first-order chi connectivity index (χ1) is 7.18. The molecule has 1 aromatic rings. The number of nitrogens with zero attached hydrogens (tertiary/aromatic N) is 1. The number of nitrogens with one attached hydrogen (secondary N) is 1. The van der Waals surface area contributed by atoms with Gasteiger partial charge in [-0.2, -0.15) is 11.8 Å². The lowest BCUT2D eigenvalue weighted by Gasteiger charge is -2.21. The first-order valence-corrected chi connectivity index (χ1v) is 5.99. The number of halogens is 1. The number of anilines is 1. The third kappa shape index (κ3) is 2.82. The molecule has 1 atom stereocenters. The van der Waals surface area contributed by atoms with Gasteiger partial charge in [0.15, 0.2) is 0 Å². The number of thioether (sulfide) groups is 1. The Morgan fingerprint density at radius 3 is 3.07 bits per heavy atom. The van der Waals surface area contributed by atoms with Gasteiger partial charge in [0, 0.05) is 12.3 Å². The summed E-state index contributed by atoms with van der Waals surface area (Å²) in [5.74, 6) is 1.99. The molecule has 1 fully saturated rings. The van der Waals surface area contributed by atoms with Gasteiger partial charge in [0.05, 0.1) is 11.8 Å². The minimum atomic E-state index is -0.638. The van der Waals surface area contributed by atoms with E-state index >= 15 is 0 Å². The van der Waals surface area contributed by atoms with Gasteiger partial charge >= 0.3 is 0 Å². The van der Waals surface area contributed by atoms with E-state index in [9.17, 15) is 9.50 Å². The van der Waals surface area contributed by atoms with E-state index in [4.69, 9.17) is 0 Å². The Morgan fingerprint density at radius 2 is 2.47 bits per heavy atom. The van der Waals surface area contributed by atoms with Crippen LogP contribution in [0.4, 0.5) is 10.2 Å². The molecule has 0 spiro atoms. The van der Waals surface area contributed by atoms with Crippen LogP contribution in [0.25, 0.3) is 0 Å². The second kappa shape index (κ2) is 4.37. The third-order valence-corrected chi connectivity index (χ3v) is 3.64. The normalized spacial score (nSPS) is 25.5. The zero-order chi connectivity index (χ0) is 10.7. The fraction of sp³-hybridized carbons (Fsp3) is 0.500. The Hall–Kier alpha value is -0.810. The molecule has 5 heteroatoms. The topological polar surface area (TPSA) is 45.1 Å². The van der Waals surface area contributed by atoms with Crippen LogP contribution in [0.2, 0.25) is 0 Å². The first kappa shape index (κ1) is 10.7. The van der Waals surface area contributed by atoms with Gasteiger partial charge in [-0.15, -0.1) is 0 Å². The predicted molar refractivity (Wildman–Crippen MR) is 59.6 cm³/mol. The minimum Gasteiger partial charge on any atom is -0.387 e. The molecule has 2 rings (SSSR count). The van der Waals surface area contributed by atoms with E-state index < -0.39 is 5.60 Å². The van der Waals surface area contributed by atoms with Crippen molar-refractivity contribution >= 4 is 17.6 Å². The Labute approximate surface area is 92.1 Å². The van der Waals surface area contributed by atoms with Gasteiger partial charge in [-0.05, 0) is 24.3 Å². The number of rotatable bonds is 3. The smallest absolute Gasteiger partial charge is 0.141 e. The second-order valence-electron chi connectivity index (χ2n) is 3.74. The van der Waals surface area contributed by atoms with Gasteiger partial charge in [0.1, 0.15) is 11.6 Å². The largest absolute Gasteiger partial charge is 0.387 e. The molecule has 0 aliphatic carbocycles. The van der Waals surface area contributed by atoms with Crippen molar-refractivity contribution in [2.45, 2.75) is 12.0 Å². The van der Waals surface area contributed by atoms with Crippen LogP contribution in [0.15, 0.2) is 18.3 Å². The van der Waals surface area contributed by atoms with Gasteiger partial charge in [-0.3, -0.25) is 0 Å². The Morgan fingerprint density at radius 1 is 1.60 bits per heavy atom. The van der Waals surface area contributed by atoms with Crippen molar-refractivity contribution in [2.75, 3.05) is 23.4 Å². The van der Waals surface area contributed by atoms with Crippen LogP contribution in [-0.2, 0) is 0 Å². The second-order valence-corrected chi connectivity index (χ2v) is 4.85. The quantitative estimate of drug-likeness (QED) is 0.823. The number of hydrogen-bond acceptors (Lipinski definition) is 4. The zero-order valence-electron chi connectivity index (χ0n) is 8.24. The molecule has 0 amide bonds. The number of hydrogen-bond donors (Lipinski definition) is 2. The van der Waals surface area contributed by atoms with Gasteiger partial charge in [0.25, 0.3) is 0 Å². The van der Waals surface area contributed by atoms with Crippen LogP contribution < -0.4 is 5.32 Å². The van der Waals surface area contributed by atoms with E-state index in [1.165, 1.54) is 6.07 Å². The standard InChI is InChI=1S/C10H13FN2OS/c11-8-1-2-9(12-5-8)13-6-10(14)3-4-15-7-10/h1-2,5,14H,3-4,6-7H2,(H,12,13). The predicted octanol–water partition coefficient (Wildman–Crippen LogP) is 1.50. The summed E-state index contributed by atoms with van der Waals surface area (Å²) in [5.41, 5.74) is -0.638. The lowest BCUT2D eigenvalue weighted by molar-refractivity contribution is 0.0819. The van der Waals surface area contributed by atoms with Crippen molar-refractivity contribution < 1.29 is 9.50 Å². The molecule has 1 aliphatic rings. The van der Waals surface area contributed by atoms with Crippen LogP contribution in [-0.4, -0.2) is 33.7 Å². The van der Waals surface area contributed by atoms with Crippen molar-refractivity contribution in [1.82, 2.24) is 4.98 Å². The summed E-state index contributed by atoms with van der Waals surface area (Å²) >= 11 is 1.75. The molecule has 3 nitrogen and oxygen atoms in total. The maximum atomic E-state index is 12.6. The fourth-order valence-corrected chi connectivity index (χ4v) is 2.77. The zero-order valence-corrected chi connectivity index (χ0v) is 9.06. The highest BCUT2D eigenvalue weighted by atomic mass is 32.2. The lowest BCUT2D eigenvalue weighted by Crippen LogP contribution is -2.36. The molecule has 82 valence electrons. The van der Waals surface area contributed by atoms with Crippen molar-refractivity contribution in [2.24, 2.45) is 0 Å². The van der Waals surface area contributed by atoms with E-state index in [1.54, 1.807) is 17.8 Å². The first-order valence-electron chi connectivity index (χ1n) is 4.84. The molecule has 1 saturated heterocycles. The molecule has 0 saturated carbocycles. The van der Waals surface area contributed by atoms with E-state index in [0.717, 1.165) is 24.1 Å². The van der Waals surface area contributed by atoms with Crippen LogP contribution in [0.1, 0.15) is 6.42 Å². The molecule has 0 bridgehead atoms. The summed E-state index contributed by atoms with van der Waals surface area (Å²) in [6.07, 6.45) is 1.96. The van der Waals surface area contributed by atoms with Gasteiger partial charge in [0.2, 0.25) is 0 Å². The minimum absolute atomic E-state index is 0.351.